The molecule has 88 valence electrons. The number of nitrogens with zero attached hydrogens (tertiary/aromatic N) is 2. The van der Waals surface area contributed by atoms with Crippen molar-refractivity contribution >= 4 is 5.97 Å². The van der Waals surface area contributed by atoms with Crippen LogP contribution in [-0.2, 0) is 20.8 Å². The Morgan fingerprint density at radius 1 is 1.62 bits per heavy atom. The van der Waals surface area contributed by atoms with Crippen LogP contribution in [0.2, 0.25) is 0 Å². The fourth-order valence-electron chi connectivity index (χ4n) is 1.85. The van der Waals surface area contributed by atoms with Gasteiger partial charge in [0.05, 0.1) is 32.4 Å². The molecule has 1 aliphatic rings. The summed E-state index contributed by atoms with van der Waals surface area (Å²) in [7, 11) is 3.10. The first-order chi connectivity index (χ1) is 7.76. The molecule has 1 saturated carbocycles. The van der Waals surface area contributed by atoms with Crippen LogP contribution >= 0.6 is 0 Å². The molecule has 0 radical (unpaired) electrons. The molecule has 2 unspecified atom stereocenters. The predicted molar refractivity (Wildman–Crippen MR) is 57.0 cm³/mol. The van der Waals surface area contributed by atoms with Crippen LogP contribution in [0.3, 0.4) is 0 Å². The molecular formula is C11H16N2O3. The van der Waals surface area contributed by atoms with E-state index in [2.05, 4.69) is 5.10 Å². The minimum absolute atomic E-state index is 0.0325. The van der Waals surface area contributed by atoms with Gasteiger partial charge in [0.15, 0.2) is 0 Å². The molecule has 0 saturated heterocycles. The van der Waals surface area contributed by atoms with E-state index in [0.717, 1.165) is 18.5 Å². The second kappa shape index (κ2) is 4.65. The third-order valence-corrected chi connectivity index (χ3v) is 2.90. The van der Waals surface area contributed by atoms with Crippen LogP contribution in [0.5, 0.6) is 0 Å². The second-order valence-corrected chi connectivity index (χ2v) is 4.00. The number of carbonyl (C=O) groups is 1. The van der Waals surface area contributed by atoms with Gasteiger partial charge in [-0.05, 0) is 12.0 Å². The fourth-order valence-corrected chi connectivity index (χ4v) is 1.85. The highest BCUT2D eigenvalue weighted by molar-refractivity contribution is 5.77. The lowest BCUT2D eigenvalue weighted by Crippen LogP contribution is -2.04. The minimum atomic E-state index is -0.116. The third-order valence-electron chi connectivity index (χ3n) is 2.90. The van der Waals surface area contributed by atoms with Gasteiger partial charge in [-0.25, -0.2) is 0 Å². The van der Waals surface area contributed by atoms with E-state index in [0.29, 0.717) is 12.5 Å². The Kier molecular flexibility index (Phi) is 3.24. The quantitative estimate of drug-likeness (QED) is 0.694. The zero-order valence-corrected chi connectivity index (χ0v) is 9.55. The molecule has 1 aliphatic carbocycles. The van der Waals surface area contributed by atoms with Gasteiger partial charge in [0.25, 0.3) is 0 Å². The average molecular weight is 224 g/mol. The molecule has 1 heterocycles. The topological polar surface area (TPSA) is 53.4 Å². The van der Waals surface area contributed by atoms with Gasteiger partial charge >= 0.3 is 5.97 Å². The molecule has 0 aliphatic heterocycles. The van der Waals surface area contributed by atoms with Gasteiger partial charge in [-0.1, -0.05) is 0 Å². The van der Waals surface area contributed by atoms with Gasteiger partial charge in [0.2, 0.25) is 0 Å². The number of esters is 1. The van der Waals surface area contributed by atoms with Crippen molar-refractivity contribution in [1.29, 1.82) is 0 Å². The van der Waals surface area contributed by atoms with E-state index in [1.807, 2.05) is 17.1 Å². The molecule has 2 atom stereocenters. The van der Waals surface area contributed by atoms with Crippen molar-refractivity contribution in [2.75, 3.05) is 20.8 Å². The zero-order valence-electron chi connectivity index (χ0n) is 9.55. The Labute approximate surface area is 94.3 Å². The average Bonchev–Trinajstić information content (AvgIpc) is 2.97. The van der Waals surface area contributed by atoms with Crippen LogP contribution in [0.15, 0.2) is 12.4 Å². The fraction of sp³-hybridized carbons (Fsp3) is 0.636. The van der Waals surface area contributed by atoms with E-state index in [1.165, 1.54) is 7.11 Å². The summed E-state index contributed by atoms with van der Waals surface area (Å²) in [5, 5.41) is 4.22. The molecule has 1 aromatic heterocycles. The summed E-state index contributed by atoms with van der Waals surface area (Å²) in [4.78, 5) is 11.3. The maximum absolute atomic E-state index is 11.3. The van der Waals surface area contributed by atoms with Crippen LogP contribution in [0.25, 0.3) is 0 Å². The molecule has 1 aromatic rings. The SMILES string of the molecule is COCCn1cc(C2CC2C(=O)OC)cn1. The van der Waals surface area contributed by atoms with E-state index >= 15 is 0 Å². The Bertz CT molecular complexity index is 375. The number of hydrogen-bond donors (Lipinski definition) is 0. The largest absolute Gasteiger partial charge is 0.469 e. The second-order valence-electron chi connectivity index (χ2n) is 4.00. The number of carbonyl (C=O) groups excluding carboxylic acids is 1. The van der Waals surface area contributed by atoms with Gasteiger partial charge < -0.3 is 9.47 Å². The third kappa shape index (κ3) is 2.24. The maximum Gasteiger partial charge on any atom is 0.309 e. The van der Waals surface area contributed by atoms with E-state index in [9.17, 15) is 4.79 Å². The zero-order chi connectivity index (χ0) is 11.5. The Morgan fingerprint density at radius 3 is 3.12 bits per heavy atom. The Hall–Kier alpha value is -1.36. The van der Waals surface area contributed by atoms with Crippen molar-refractivity contribution in [1.82, 2.24) is 9.78 Å². The standard InChI is InChI=1S/C11H16N2O3/c1-15-4-3-13-7-8(6-12-13)9-5-10(9)11(14)16-2/h6-7,9-10H,3-5H2,1-2H3. The van der Waals surface area contributed by atoms with E-state index in [4.69, 9.17) is 9.47 Å². The van der Waals surface area contributed by atoms with Crippen LogP contribution in [-0.4, -0.2) is 36.6 Å². The molecule has 16 heavy (non-hydrogen) atoms. The van der Waals surface area contributed by atoms with E-state index in [1.54, 1.807) is 7.11 Å². The highest BCUT2D eigenvalue weighted by atomic mass is 16.5. The van der Waals surface area contributed by atoms with Crippen LogP contribution in [0.1, 0.15) is 17.9 Å². The van der Waals surface area contributed by atoms with Gasteiger partial charge in [0.1, 0.15) is 0 Å². The molecule has 1 fully saturated rings. The first kappa shape index (κ1) is 11.1. The summed E-state index contributed by atoms with van der Waals surface area (Å²) in [6, 6.07) is 0. The van der Waals surface area contributed by atoms with Crippen molar-refractivity contribution in [3.63, 3.8) is 0 Å². The molecule has 0 spiro atoms. The number of rotatable bonds is 5. The van der Waals surface area contributed by atoms with Gasteiger partial charge in [-0.15, -0.1) is 0 Å². The van der Waals surface area contributed by atoms with Crippen LogP contribution in [0.4, 0.5) is 0 Å². The summed E-state index contributed by atoms with van der Waals surface area (Å²) >= 11 is 0. The normalized spacial score (nSPS) is 23.1. The van der Waals surface area contributed by atoms with Gasteiger partial charge in [-0.2, -0.15) is 5.10 Å². The molecule has 0 bridgehead atoms. The van der Waals surface area contributed by atoms with Crippen molar-refractivity contribution in [2.45, 2.75) is 18.9 Å². The number of aromatic nitrogens is 2. The minimum Gasteiger partial charge on any atom is -0.469 e. The summed E-state index contributed by atoms with van der Waals surface area (Å²) in [5.74, 6) is 0.212. The molecule has 0 aromatic carbocycles. The smallest absolute Gasteiger partial charge is 0.309 e. The first-order valence-electron chi connectivity index (χ1n) is 5.35. The Balaban J connectivity index is 1.91. The maximum atomic E-state index is 11.3. The summed E-state index contributed by atoms with van der Waals surface area (Å²) < 4.78 is 11.5. The number of methoxy groups -OCH3 is 2. The molecule has 0 N–H and O–H groups in total. The predicted octanol–water partition coefficient (Wildman–Crippen LogP) is 0.806. The number of hydrogen-bond acceptors (Lipinski definition) is 4. The summed E-state index contributed by atoms with van der Waals surface area (Å²) in [6.07, 6.45) is 4.68. The van der Waals surface area contributed by atoms with Crippen molar-refractivity contribution in [3.05, 3.63) is 18.0 Å². The molecule has 5 heteroatoms. The molecular weight excluding hydrogens is 208 g/mol. The Morgan fingerprint density at radius 2 is 2.44 bits per heavy atom. The lowest BCUT2D eigenvalue weighted by atomic mass is 10.2. The van der Waals surface area contributed by atoms with Crippen molar-refractivity contribution in [2.24, 2.45) is 5.92 Å². The van der Waals surface area contributed by atoms with Crippen LogP contribution in [0, 0.1) is 5.92 Å². The molecule has 5 nitrogen and oxygen atoms in total. The lowest BCUT2D eigenvalue weighted by Gasteiger charge is -1.98. The van der Waals surface area contributed by atoms with Gasteiger partial charge in [-0.3, -0.25) is 9.48 Å². The van der Waals surface area contributed by atoms with E-state index < -0.39 is 0 Å². The van der Waals surface area contributed by atoms with Crippen LogP contribution < -0.4 is 0 Å². The van der Waals surface area contributed by atoms with Gasteiger partial charge in [0, 0.05) is 19.2 Å². The summed E-state index contributed by atoms with van der Waals surface area (Å²) in [6.45, 7) is 1.39. The van der Waals surface area contributed by atoms with E-state index in [-0.39, 0.29) is 11.9 Å². The number of ether oxygens (including phenoxy) is 2. The highest BCUT2D eigenvalue weighted by Crippen LogP contribution is 2.47. The molecule has 2 rings (SSSR count). The van der Waals surface area contributed by atoms with Crippen molar-refractivity contribution < 1.29 is 14.3 Å². The highest BCUT2D eigenvalue weighted by Gasteiger charge is 2.45. The lowest BCUT2D eigenvalue weighted by molar-refractivity contribution is -0.142. The first-order valence-corrected chi connectivity index (χ1v) is 5.35. The molecule has 0 amide bonds. The van der Waals surface area contributed by atoms with Crippen molar-refractivity contribution in [3.8, 4) is 0 Å². The monoisotopic (exact) mass is 224 g/mol. The summed E-state index contributed by atoms with van der Waals surface area (Å²) in [5.41, 5.74) is 1.12.